The number of rotatable bonds is 12. The molecule has 1 aromatic heterocycles. The Morgan fingerprint density at radius 1 is 1.07 bits per heavy atom. The highest BCUT2D eigenvalue weighted by Gasteiger charge is 2.27. The number of hydrogen-bond acceptors (Lipinski definition) is 7. The van der Waals surface area contributed by atoms with Crippen LogP contribution in [-0.4, -0.2) is 41.3 Å². The van der Waals surface area contributed by atoms with Crippen LogP contribution >= 0.6 is 7.60 Å². The summed E-state index contributed by atoms with van der Waals surface area (Å²) in [5.74, 6) is 0. The zero-order chi connectivity index (χ0) is 20.4. The van der Waals surface area contributed by atoms with Gasteiger partial charge in [-0.1, -0.05) is 12.2 Å². The molecule has 0 radical (unpaired) electrons. The Balaban J connectivity index is 2.37. The number of aromatic amines is 1. The van der Waals surface area contributed by atoms with Gasteiger partial charge in [-0.25, -0.2) is 9.36 Å². The van der Waals surface area contributed by atoms with Gasteiger partial charge in [0.1, 0.15) is 13.1 Å². The van der Waals surface area contributed by atoms with Crippen LogP contribution in [0.4, 0.5) is 0 Å². The predicted octanol–water partition coefficient (Wildman–Crippen LogP) is 2.39. The summed E-state index contributed by atoms with van der Waals surface area (Å²) in [6, 6.07) is 0. The van der Waals surface area contributed by atoms with Crippen LogP contribution in [0.2, 0.25) is 0 Å². The molecule has 0 aliphatic rings. The normalized spacial score (nSPS) is 12.6. The summed E-state index contributed by atoms with van der Waals surface area (Å²) in [6.45, 7) is 8.94. The number of aryl methyl sites for hydroxylation is 1. The van der Waals surface area contributed by atoms with E-state index in [0.29, 0.717) is 5.56 Å². The molecule has 0 aromatic carbocycles. The van der Waals surface area contributed by atoms with Crippen LogP contribution in [0.5, 0.6) is 0 Å². The van der Waals surface area contributed by atoms with Crippen molar-refractivity contribution in [1.29, 1.82) is 0 Å². The van der Waals surface area contributed by atoms with Crippen molar-refractivity contribution < 1.29 is 23.1 Å². The van der Waals surface area contributed by atoms with Gasteiger partial charge in [0, 0.05) is 11.8 Å². The lowest BCUT2D eigenvalue weighted by Gasteiger charge is -2.22. The molecular weight excluding hydrogens is 375 g/mol. The molecule has 0 saturated heterocycles. The molecule has 0 aliphatic carbocycles. The molecule has 0 atom stereocenters. The van der Waals surface area contributed by atoms with Crippen LogP contribution in [0.15, 0.2) is 27.9 Å². The Morgan fingerprint density at radius 3 is 2.19 bits per heavy atom. The second kappa shape index (κ2) is 11.4. The molecule has 10 heteroatoms. The van der Waals surface area contributed by atoms with E-state index >= 15 is 0 Å². The van der Waals surface area contributed by atoms with E-state index in [9.17, 15) is 14.2 Å². The van der Waals surface area contributed by atoms with Crippen molar-refractivity contribution >= 4 is 7.60 Å². The molecule has 0 saturated carbocycles. The summed E-state index contributed by atoms with van der Waals surface area (Å²) in [4.78, 5) is 25.9. The molecule has 1 rings (SSSR count). The Labute approximate surface area is 158 Å². The Morgan fingerprint density at radius 2 is 1.63 bits per heavy atom. The lowest BCUT2D eigenvalue weighted by Crippen LogP contribution is -2.36. The van der Waals surface area contributed by atoms with Crippen LogP contribution in [0.25, 0.3) is 0 Å². The summed E-state index contributed by atoms with van der Waals surface area (Å²) in [7, 11) is -3.31. The molecule has 0 unspecified atom stereocenters. The predicted molar refractivity (Wildman–Crippen MR) is 102 cm³/mol. The monoisotopic (exact) mass is 404 g/mol. The topological polar surface area (TPSA) is 109 Å². The van der Waals surface area contributed by atoms with Gasteiger partial charge in [0.15, 0.2) is 0 Å². The highest BCUT2D eigenvalue weighted by atomic mass is 31.2. The van der Waals surface area contributed by atoms with Gasteiger partial charge in [-0.2, -0.15) is 0 Å². The van der Waals surface area contributed by atoms with Crippen LogP contribution in [0.3, 0.4) is 0 Å². The number of H-pyrrole nitrogens is 1. The fourth-order valence-electron chi connectivity index (χ4n) is 2.04. The third-order valence-corrected chi connectivity index (χ3v) is 5.03. The molecular formula is C17H29N2O7P. The third kappa shape index (κ3) is 8.81. The SMILES string of the molecule is Cc1c[nH]c(=O)n(COC/C=C\COCP(=O)(OC(C)C)OC(C)C)c1=O. The minimum absolute atomic E-state index is 0.150. The average molecular weight is 404 g/mol. The zero-order valence-corrected chi connectivity index (χ0v) is 17.4. The van der Waals surface area contributed by atoms with Crippen molar-refractivity contribution in [3.63, 3.8) is 0 Å². The molecule has 1 aromatic rings. The molecule has 0 spiro atoms. The fourth-order valence-corrected chi connectivity index (χ4v) is 3.83. The lowest BCUT2D eigenvalue weighted by molar-refractivity contribution is 0.0928. The fraction of sp³-hybridized carbons (Fsp3) is 0.647. The highest BCUT2D eigenvalue weighted by molar-refractivity contribution is 7.53. The van der Waals surface area contributed by atoms with Crippen molar-refractivity contribution in [2.24, 2.45) is 0 Å². The maximum atomic E-state index is 12.5. The maximum Gasteiger partial charge on any atom is 0.356 e. The standard InChI is InChI=1S/C17H29N2O7P/c1-13(2)25-27(22,26-14(3)4)12-24-9-7-6-8-23-11-19-16(20)15(5)10-18-17(19)21/h6-7,10,13-14H,8-9,11-12H2,1-5H3,(H,18,21)/b7-6-. The molecule has 27 heavy (non-hydrogen) atoms. The van der Waals surface area contributed by atoms with E-state index in [-0.39, 0.29) is 38.5 Å². The smallest absolute Gasteiger partial charge is 0.356 e. The van der Waals surface area contributed by atoms with E-state index in [1.165, 1.54) is 6.20 Å². The summed E-state index contributed by atoms with van der Waals surface area (Å²) >= 11 is 0. The average Bonchev–Trinajstić information content (AvgIpc) is 2.54. The van der Waals surface area contributed by atoms with Crippen molar-refractivity contribution in [2.45, 2.75) is 53.6 Å². The third-order valence-electron chi connectivity index (χ3n) is 3.05. The molecule has 1 N–H and O–H groups in total. The number of hydrogen-bond donors (Lipinski definition) is 1. The van der Waals surface area contributed by atoms with Crippen LogP contribution < -0.4 is 11.2 Å². The summed E-state index contributed by atoms with van der Waals surface area (Å²) < 4.78 is 34.9. The lowest BCUT2D eigenvalue weighted by atomic mass is 10.4. The molecule has 0 amide bonds. The summed E-state index contributed by atoms with van der Waals surface area (Å²) in [6.07, 6.45) is 4.09. The minimum atomic E-state index is -3.31. The first-order valence-corrected chi connectivity index (χ1v) is 10.4. The molecule has 0 bridgehead atoms. The van der Waals surface area contributed by atoms with Gasteiger partial charge in [0.05, 0.1) is 25.4 Å². The first-order valence-electron chi connectivity index (χ1n) is 8.70. The molecule has 0 aliphatic heterocycles. The van der Waals surface area contributed by atoms with E-state index in [4.69, 9.17) is 18.5 Å². The summed E-state index contributed by atoms with van der Waals surface area (Å²) in [5.41, 5.74) is -0.486. The molecule has 0 fully saturated rings. The van der Waals surface area contributed by atoms with Crippen molar-refractivity contribution in [2.75, 3.05) is 19.6 Å². The number of nitrogens with one attached hydrogen (secondary N) is 1. The van der Waals surface area contributed by atoms with Gasteiger partial charge < -0.3 is 23.5 Å². The Bertz CT molecular complexity index is 753. The largest absolute Gasteiger partial charge is 0.365 e. The molecule has 1 heterocycles. The van der Waals surface area contributed by atoms with Gasteiger partial charge in [-0.15, -0.1) is 0 Å². The van der Waals surface area contributed by atoms with E-state index in [1.54, 1.807) is 46.8 Å². The zero-order valence-electron chi connectivity index (χ0n) is 16.5. The van der Waals surface area contributed by atoms with E-state index in [1.807, 2.05) is 0 Å². The van der Waals surface area contributed by atoms with Gasteiger partial charge in [0.2, 0.25) is 0 Å². The minimum Gasteiger partial charge on any atom is -0.365 e. The highest BCUT2D eigenvalue weighted by Crippen LogP contribution is 2.50. The second-order valence-electron chi connectivity index (χ2n) is 6.40. The van der Waals surface area contributed by atoms with Crippen LogP contribution in [0, 0.1) is 6.92 Å². The Kier molecular flexibility index (Phi) is 9.90. The van der Waals surface area contributed by atoms with E-state index in [2.05, 4.69) is 4.98 Å². The number of nitrogens with zero attached hydrogens (tertiary/aromatic N) is 1. The Hall–Kier alpha value is -1.51. The quantitative estimate of drug-likeness (QED) is 0.324. The molecule has 9 nitrogen and oxygen atoms in total. The first kappa shape index (κ1) is 23.5. The van der Waals surface area contributed by atoms with E-state index in [0.717, 1.165) is 4.57 Å². The van der Waals surface area contributed by atoms with Crippen LogP contribution in [0.1, 0.15) is 33.3 Å². The number of ether oxygens (including phenoxy) is 2. The van der Waals surface area contributed by atoms with Gasteiger partial charge in [-0.3, -0.25) is 9.36 Å². The van der Waals surface area contributed by atoms with Gasteiger partial charge in [-0.05, 0) is 34.6 Å². The van der Waals surface area contributed by atoms with Gasteiger partial charge in [0.25, 0.3) is 5.56 Å². The van der Waals surface area contributed by atoms with Crippen LogP contribution in [-0.2, 0) is 29.8 Å². The first-order chi connectivity index (χ1) is 12.6. The maximum absolute atomic E-state index is 12.5. The second-order valence-corrected chi connectivity index (χ2v) is 8.30. The van der Waals surface area contributed by atoms with Crippen molar-refractivity contribution in [1.82, 2.24) is 9.55 Å². The van der Waals surface area contributed by atoms with Crippen molar-refractivity contribution in [3.8, 4) is 0 Å². The molecule has 154 valence electrons. The van der Waals surface area contributed by atoms with E-state index < -0.39 is 18.8 Å². The van der Waals surface area contributed by atoms with Crippen molar-refractivity contribution in [3.05, 3.63) is 44.8 Å². The van der Waals surface area contributed by atoms with Gasteiger partial charge >= 0.3 is 13.3 Å². The summed E-state index contributed by atoms with van der Waals surface area (Å²) in [5, 5.41) is 0. The number of aromatic nitrogens is 2.